The van der Waals surface area contributed by atoms with Crippen molar-refractivity contribution in [3.8, 4) is 16.9 Å². The first-order valence-corrected chi connectivity index (χ1v) is 9.53. The number of carbonyl (C=O) groups is 1. The predicted molar refractivity (Wildman–Crippen MR) is 112 cm³/mol. The van der Waals surface area contributed by atoms with E-state index in [-0.39, 0.29) is 17.9 Å². The Morgan fingerprint density at radius 2 is 1.66 bits per heavy atom. The first-order valence-electron chi connectivity index (χ1n) is 8.74. The molecular formula is C22H15BrN2O4. The third kappa shape index (κ3) is 4.20. The molecule has 2 aromatic carbocycles. The maximum absolute atomic E-state index is 12.3. The first-order chi connectivity index (χ1) is 14.0. The van der Waals surface area contributed by atoms with Crippen LogP contribution in [0, 0.1) is 0 Å². The van der Waals surface area contributed by atoms with Crippen LogP contribution in [-0.4, -0.2) is 20.5 Å². The number of esters is 1. The Morgan fingerprint density at radius 1 is 1.00 bits per heavy atom. The molecule has 0 bridgehead atoms. The molecule has 0 unspecified atom stereocenters. The quantitative estimate of drug-likeness (QED) is 0.471. The van der Waals surface area contributed by atoms with Gasteiger partial charge in [-0.2, -0.15) is 0 Å². The number of halogens is 1. The van der Waals surface area contributed by atoms with E-state index in [9.17, 15) is 14.7 Å². The van der Waals surface area contributed by atoms with Gasteiger partial charge in [-0.15, -0.1) is 0 Å². The van der Waals surface area contributed by atoms with Gasteiger partial charge >= 0.3 is 5.97 Å². The molecule has 0 fully saturated rings. The Labute approximate surface area is 174 Å². The molecular weight excluding hydrogens is 436 g/mol. The fourth-order valence-corrected chi connectivity index (χ4v) is 3.21. The number of aromatic hydroxyl groups is 1. The van der Waals surface area contributed by atoms with E-state index in [1.807, 2.05) is 12.1 Å². The highest BCUT2D eigenvalue weighted by atomic mass is 79.9. The average Bonchev–Trinajstić information content (AvgIpc) is 2.73. The minimum atomic E-state index is -0.500. The zero-order valence-corrected chi connectivity index (χ0v) is 16.7. The predicted octanol–water partition coefficient (Wildman–Crippen LogP) is 4.19. The Morgan fingerprint density at radius 3 is 2.34 bits per heavy atom. The van der Waals surface area contributed by atoms with Crippen molar-refractivity contribution in [2.45, 2.75) is 6.61 Å². The molecule has 0 amide bonds. The molecule has 2 heterocycles. The van der Waals surface area contributed by atoms with Gasteiger partial charge < -0.3 is 9.84 Å². The number of phenols is 1. The molecule has 2 aromatic heterocycles. The van der Waals surface area contributed by atoms with Crippen molar-refractivity contribution in [3.05, 3.63) is 99.0 Å². The van der Waals surface area contributed by atoms with Crippen molar-refractivity contribution in [3.63, 3.8) is 0 Å². The number of phenolic OH excluding ortho intramolecular Hbond substituents is 1. The fourth-order valence-electron chi connectivity index (χ4n) is 2.88. The molecule has 0 saturated carbocycles. The Hall–Kier alpha value is -3.45. The second-order valence-corrected chi connectivity index (χ2v) is 7.28. The second-order valence-electron chi connectivity index (χ2n) is 6.36. The van der Waals surface area contributed by atoms with Crippen molar-refractivity contribution >= 4 is 27.5 Å². The zero-order valence-electron chi connectivity index (χ0n) is 15.1. The summed E-state index contributed by atoms with van der Waals surface area (Å²) in [5, 5.41) is 9.37. The van der Waals surface area contributed by atoms with E-state index in [4.69, 9.17) is 4.74 Å². The van der Waals surface area contributed by atoms with Gasteiger partial charge in [0.2, 0.25) is 0 Å². The molecule has 144 valence electrons. The highest BCUT2D eigenvalue weighted by Crippen LogP contribution is 2.22. The lowest BCUT2D eigenvalue weighted by Crippen LogP contribution is -2.16. The van der Waals surface area contributed by atoms with Crippen LogP contribution in [0.1, 0.15) is 16.1 Å². The lowest BCUT2D eigenvalue weighted by molar-refractivity contribution is 0.0467. The number of carbonyl (C=O) groups excluding carboxylic acids is 1. The van der Waals surface area contributed by atoms with Crippen LogP contribution in [0.4, 0.5) is 0 Å². The number of hydrogen-bond donors (Lipinski definition) is 1. The second kappa shape index (κ2) is 7.89. The van der Waals surface area contributed by atoms with Crippen molar-refractivity contribution in [1.82, 2.24) is 9.38 Å². The number of fused-ring (bicyclic) bond motifs is 1. The first kappa shape index (κ1) is 18.9. The number of pyridine rings is 1. The highest BCUT2D eigenvalue weighted by molar-refractivity contribution is 9.10. The SMILES string of the molecule is O=C(OCc1cc(=O)n2cc(Br)ccc2n1)c1ccc(-c2ccc(O)cc2)cc1. The van der Waals surface area contributed by atoms with Crippen molar-refractivity contribution in [2.24, 2.45) is 0 Å². The third-order valence-electron chi connectivity index (χ3n) is 4.35. The largest absolute Gasteiger partial charge is 0.508 e. The zero-order chi connectivity index (χ0) is 20.4. The normalized spacial score (nSPS) is 10.8. The minimum absolute atomic E-state index is 0.0969. The summed E-state index contributed by atoms with van der Waals surface area (Å²) in [7, 11) is 0. The molecule has 29 heavy (non-hydrogen) atoms. The summed E-state index contributed by atoms with van der Waals surface area (Å²) in [4.78, 5) is 28.9. The lowest BCUT2D eigenvalue weighted by Gasteiger charge is -2.07. The molecule has 0 aliphatic carbocycles. The summed E-state index contributed by atoms with van der Waals surface area (Å²) in [6.45, 7) is -0.0969. The summed E-state index contributed by atoms with van der Waals surface area (Å²) in [5.74, 6) is -0.302. The van der Waals surface area contributed by atoms with Gasteiger partial charge in [0.1, 0.15) is 18.0 Å². The molecule has 0 aliphatic heterocycles. The van der Waals surface area contributed by atoms with Crippen LogP contribution in [0.3, 0.4) is 0 Å². The van der Waals surface area contributed by atoms with E-state index >= 15 is 0 Å². The van der Waals surface area contributed by atoms with E-state index < -0.39 is 5.97 Å². The summed E-state index contributed by atoms with van der Waals surface area (Å²) in [5.41, 5.74) is 2.85. The maximum atomic E-state index is 12.3. The molecule has 0 radical (unpaired) electrons. The molecule has 0 aliphatic rings. The van der Waals surface area contributed by atoms with Gasteiger partial charge in [0.25, 0.3) is 5.56 Å². The van der Waals surface area contributed by atoms with Crippen LogP contribution in [-0.2, 0) is 11.3 Å². The molecule has 0 spiro atoms. The molecule has 6 nitrogen and oxygen atoms in total. The van der Waals surface area contributed by atoms with Gasteiger partial charge in [-0.05, 0) is 63.5 Å². The molecule has 1 N–H and O–H groups in total. The average molecular weight is 451 g/mol. The van der Waals surface area contributed by atoms with E-state index in [0.29, 0.717) is 16.9 Å². The maximum Gasteiger partial charge on any atom is 0.338 e. The van der Waals surface area contributed by atoms with Crippen LogP contribution >= 0.6 is 15.9 Å². The number of nitrogens with zero attached hydrogens (tertiary/aromatic N) is 2. The van der Waals surface area contributed by atoms with Gasteiger partial charge in [0.15, 0.2) is 0 Å². The standard InChI is InChI=1S/C22H15BrN2O4/c23-17-7-10-20-24-18(11-21(27)25(20)12-17)13-29-22(28)16-3-1-14(2-4-16)15-5-8-19(26)9-6-15/h1-12,26H,13H2. The van der Waals surface area contributed by atoms with Crippen LogP contribution < -0.4 is 5.56 Å². The monoisotopic (exact) mass is 450 g/mol. The number of aromatic nitrogens is 2. The lowest BCUT2D eigenvalue weighted by atomic mass is 10.0. The summed E-state index contributed by atoms with van der Waals surface area (Å²) in [6.07, 6.45) is 1.64. The van der Waals surface area contributed by atoms with E-state index in [1.54, 1.807) is 54.7 Å². The molecule has 7 heteroatoms. The van der Waals surface area contributed by atoms with Crippen molar-refractivity contribution < 1.29 is 14.6 Å². The van der Waals surface area contributed by atoms with Gasteiger partial charge in [-0.1, -0.05) is 24.3 Å². The van der Waals surface area contributed by atoms with Gasteiger partial charge in [-0.3, -0.25) is 9.20 Å². The Bertz CT molecular complexity index is 1250. The number of hydrogen-bond acceptors (Lipinski definition) is 5. The van der Waals surface area contributed by atoms with Crippen LogP contribution in [0.2, 0.25) is 0 Å². The van der Waals surface area contributed by atoms with E-state index in [0.717, 1.165) is 15.6 Å². The molecule has 4 aromatic rings. The summed E-state index contributed by atoms with van der Waals surface area (Å²) >= 11 is 3.32. The van der Waals surface area contributed by atoms with Crippen LogP contribution in [0.25, 0.3) is 16.8 Å². The molecule has 0 saturated heterocycles. The van der Waals surface area contributed by atoms with E-state index in [1.165, 1.54) is 10.5 Å². The Balaban J connectivity index is 1.47. The number of ether oxygens (including phenoxy) is 1. The highest BCUT2D eigenvalue weighted by Gasteiger charge is 2.10. The summed E-state index contributed by atoms with van der Waals surface area (Å²) in [6, 6.07) is 18.6. The van der Waals surface area contributed by atoms with Gasteiger partial charge in [-0.25, -0.2) is 9.78 Å². The molecule has 4 rings (SSSR count). The number of benzene rings is 2. The topological polar surface area (TPSA) is 80.9 Å². The van der Waals surface area contributed by atoms with Gasteiger partial charge in [0.05, 0.1) is 11.3 Å². The fraction of sp³-hybridized carbons (Fsp3) is 0.0455. The van der Waals surface area contributed by atoms with Crippen molar-refractivity contribution in [1.29, 1.82) is 0 Å². The minimum Gasteiger partial charge on any atom is -0.508 e. The van der Waals surface area contributed by atoms with Crippen LogP contribution in [0.5, 0.6) is 5.75 Å². The smallest absolute Gasteiger partial charge is 0.338 e. The van der Waals surface area contributed by atoms with Crippen LogP contribution in [0.15, 0.2) is 82.2 Å². The van der Waals surface area contributed by atoms with E-state index in [2.05, 4.69) is 20.9 Å². The Kier molecular flexibility index (Phi) is 5.14. The summed E-state index contributed by atoms with van der Waals surface area (Å²) < 4.78 is 7.49. The third-order valence-corrected chi connectivity index (χ3v) is 4.82. The number of rotatable bonds is 4. The van der Waals surface area contributed by atoms with Gasteiger partial charge in [0, 0.05) is 16.7 Å². The van der Waals surface area contributed by atoms with Crippen molar-refractivity contribution in [2.75, 3.05) is 0 Å². The molecule has 0 atom stereocenters.